The van der Waals surface area contributed by atoms with Crippen LogP contribution in [0.15, 0.2) is 184 Å². The van der Waals surface area contributed by atoms with Gasteiger partial charge in [-0.25, -0.2) is 9.98 Å². The molecule has 3 heterocycles. The maximum atomic E-state index is 6.63. The van der Waals surface area contributed by atoms with Gasteiger partial charge in [0.15, 0.2) is 5.84 Å². The van der Waals surface area contributed by atoms with Crippen molar-refractivity contribution in [2.45, 2.75) is 6.17 Å². The molecule has 0 saturated carbocycles. The van der Waals surface area contributed by atoms with E-state index in [1.54, 1.807) is 0 Å². The van der Waals surface area contributed by atoms with Gasteiger partial charge in [0.25, 0.3) is 0 Å². The Morgan fingerprint density at radius 1 is 0.520 bits per heavy atom. The quantitative estimate of drug-likeness (QED) is 0.203. The minimum absolute atomic E-state index is 0.422. The van der Waals surface area contributed by atoms with Crippen molar-refractivity contribution in [3.05, 3.63) is 187 Å². The third-order valence-corrected chi connectivity index (χ3v) is 9.69. The van der Waals surface area contributed by atoms with Gasteiger partial charge >= 0.3 is 0 Å². The van der Waals surface area contributed by atoms with Crippen molar-refractivity contribution in [1.29, 1.82) is 0 Å². The zero-order valence-corrected chi connectivity index (χ0v) is 27.0. The highest BCUT2D eigenvalue weighted by molar-refractivity contribution is 6.17. The molecule has 1 N–H and O–H groups in total. The van der Waals surface area contributed by atoms with E-state index in [0.29, 0.717) is 5.84 Å². The summed E-state index contributed by atoms with van der Waals surface area (Å²) in [6.45, 7) is 0. The number of aromatic nitrogens is 1. The summed E-state index contributed by atoms with van der Waals surface area (Å²) in [6, 6.07) is 59.0. The highest BCUT2D eigenvalue weighted by atomic mass is 16.3. The van der Waals surface area contributed by atoms with E-state index >= 15 is 0 Å². The Balaban J connectivity index is 1.20. The summed E-state index contributed by atoms with van der Waals surface area (Å²) in [6.07, 6.45) is -0.422. The second kappa shape index (κ2) is 11.5. The summed E-state index contributed by atoms with van der Waals surface area (Å²) < 4.78 is 8.97. The predicted molar refractivity (Wildman–Crippen MR) is 205 cm³/mol. The van der Waals surface area contributed by atoms with Crippen molar-refractivity contribution in [2.75, 3.05) is 0 Å². The second-order valence-corrected chi connectivity index (χ2v) is 12.6. The smallest absolute Gasteiger partial charge is 0.161 e. The number of rotatable bonds is 5. The number of nitrogens with one attached hydrogen (secondary N) is 1. The van der Waals surface area contributed by atoms with Gasteiger partial charge in [0.2, 0.25) is 0 Å². The maximum absolute atomic E-state index is 6.63. The molecule has 9 aromatic rings. The summed E-state index contributed by atoms with van der Waals surface area (Å²) in [5.41, 5.74) is 10.2. The number of aliphatic imine (C=N–C) groups is 2. The molecule has 1 aliphatic heterocycles. The molecule has 0 amide bonds. The normalized spacial score (nSPS) is 14.6. The predicted octanol–water partition coefficient (Wildman–Crippen LogP) is 10.8. The summed E-state index contributed by atoms with van der Waals surface area (Å²) >= 11 is 0. The van der Waals surface area contributed by atoms with Gasteiger partial charge < -0.3 is 14.3 Å². The van der Waals surface area contributed by atoms with Crippen LogP contribution in [0.4, 0.5) is 0 Å². The molecule has 0 radical (unpaired) electrons. The summed E-state index contributed by atoms with van der Waals surface area (Å²) in [4.78, 5) is 10.6. The molecule has 1 unspecified atom stereocenters. The Kier molecular flexibility index (Phi) is 6.49. The third-order valence-electron chi connectivity index (χ3n) is 9.69. The maximum Gasteiger partial charge on any atom is 0.161 e. The van der Waals surface area contributed by atoms with Crippen LogP contribution in [0.5, 0.6) is 0 Å². The van der Waals surface area contributed by atoms with E-state index in [0.717, 1.165) is 72.3 Å². The molecular formula is C45H30N4O. The average Bonchev–Trinajstić information content (AvgIpc) is 3.74. The standard InChI is InChI=1S/C45H30N4O/c1-3-15-29(16-4-1)31-22-13-23-35-41-36(24-14-28-40(41)50-42(31)35)45-47-43(30-17-5-2-6-18-30)46-44(48-45)34-21-9-12-27-39(34)49-37-25-10-7-19-32(37)33-20-8-11-26-38(33)49/h1-28,45H,(H,46,47,48). The molecule has 0 fully saturated rings. The molecule has 1 aliphatic rings. The number of hydrogen-bond acceptors (Lipinski definition) is 4. The van der Waals surface area contributed by atoms with Crippen LogP contribution in [0.3, 0.4) is 0 Å². The number of nitrogens with zero attached hydrogens (tertiary/aromatic N) is 3. The van der Waals surface area contributed by atoms with Gasteiger partial charge in [-0.05, 0) is 35.9 Å². The van der Waals surface area contributed by atoms with Gasteiger partial charge in [0, 0.05) is 43.8 Å². The number of fused-ring (bicyclic) bond motifs is 6. The minimum Gasteiger partial charge on any atom is -0.455 e. The van der Waals surface area contributed by atoms with Crippen LogP contribution in [-0.4, -0.2) is 16.2 Å². The lowest BCUT2D eigenvalue weighted by Gasteiger charge is -2.25. The van der Waals surface area contributed by atoms with E-state index in [1.165, 1.54) is 10.8 Å². The fraction of sp³-hybridized carbons (Fsp3) is 0.0222. The Bertz CT molecular complexity index is 2740. The highest BCUT2D eigenvalue weighted by Crippen LogP contribution is 2.40. The molecule has 5 nitrogen and oxygen atoms in total. The first-order valence-corrected chi connectivity index (χ1v) is 16.9. The van der Waals surface area contributed by atoms with Crippen LogP contribution in [0.2, 0.25) is 0 Å². The van der Waals surface area contributed by atoms with Crippen LogP contribution < -0.4 is 5.32 Å². The number of benzene rings is 7. The molecule has 0 spiro atoms. The zero-order valence-electron chi connectivity index (χ0n) is 27.0. The fourth-order valence-corrected chi connectivity index (χ4v) is 7.46. The molecule has 2 aromatic heterocycles. The summed E-state index contributed by atoms with van der Waals surface area (Å²) in [5.74, 6) is 1.44. The van der Waals surface area contributed by atoms with Gasteiger partial charge in [0.05, 0.1) is 16.7 Å². The molecule has 0 saturated heterocycles. The highest BCUT2D eigenvalue weighted by Gasteiger charge is 2.26. The van der Waals surface area contributed by atoms with E-state index in [2.05, 4.69) is 149 Å². The van der Waals surface area contributed by atoms with Gasteiger partial charge in [-0.1, -0.05) is 140 Å². The van der Waals surface area contributed by atoms with Crippen molar-refractivity contribution < 1.29 is 4.42 Å². The Labute approximate surface area is 288 Å². The van der Waals surface area contributed by atoms with Crippen molar-refractivity contribution in [1.82, 2.24) is 9.88 Å². The van der Waals surface area contributed by atoms with Crippen LogP contribution in [0.25, 0.3) is 60.6 Å². The molecule has 7 aromatic carbocycles. The molecule has 0 bridgehead atoms. The van der Waals surface area contributed by atoms with Crippen LogP contribution in [0, 0.1) is 0 Å². The third kappa shape index (κ3) is 4.48. The van der Waals surface area contributed by atoms with E-state index < -0.39 is 6.17 Å². The largest absolute Gasteiger partial charge is 0.455 e. The first-order chi connectivity index (χ1) is 24.8. The minimum atomic E-state index is -0.422. The summed E-state index contributed by atoms with van der Waals surface area (Å²) in [7, 11) is 0. The molecule has 236 valence electrons. The average molecular weight is 643 g/mol. The number of amidine groups is 2. The van der Waals surface area contributed by atoms with E-state index in [-0.39, 0.29) is 0 Å². The zero-order chi connectivity index (χ0) is 33.0. The molecule has 10 rings (SSSR count). The van der Waals surface area contributed by atoms with Gasteiger partial charge in [-0.15, -0.1) is 0 Å². The molecular weight excluding hydrogens is 613 g/mol. The van der Waals surface area contributed by atoms with Crippen LogP contribution in [0.1, 0.15) is 22.9 Å². The van der Waals surface area contributed by atoms with Crippen LogP contribution in [-0.2, 0) is 0 Å². The molecule has 5 heteroatoms. The van der Waals surface area contributed by atoms with Crippen molar-refractivity contribution in [3.8, 4) is 16.8 Å². The monoisotopic (exact) mass is 642 g/mol. The second-order valence-electron chi connectivity index (χ2n) is 12.6. The van der Waals surface area contributed by atoms with E-state index in [1.807, 2.05) is 30.3 Å². The first-order valence-electron chi connectivity index (χ1n) is 16.9. The molecule has 50 heavy (non-hydrogen) atoms. The van der Waals surface area contributed by atoms with Crippen molar-refractivity contribution >= 4 is 55.4 Å². The Hall–Kier alpha value is -6.72. The van der Waals surface area contributed by atoms with Crippen molar-refractivity contribution in [2.24, 2.45) is 9.98 Å². The fourth-order valence-electron chi connectivity index (χ4n) is 7.46. The Morgan fingerprint density at radius 3 is 1.88 bits per heavy atom. The summed E-state index contributed by atoms with van der Waals surface area (Å²) in [5, 5.41) is 8.24. The topological polar surface area (TPSA) is 54.8 Å². The lowest BCUT2D eigenvalue weighted by molar-refractivity contribution is 0.663. The molecule has 1 atom stereocenters. The van der Waals surface area contributed by atoms with Gasteiger partial charge in [0.1, 0.15) is 23.2 Å². The Morgan fingerprint density at radius 2 is 1.12 bits per heavy atom. The lowest BCUT2D eigenvalue weighted by atomic mass is 9.99. The van der Waals surface area contributed by atoms with Gasteiger partial charge in [-0.3, -0.25) is 0 Å². The SMILES string of the molecule is c1ccc(C2=NC(c3ccccc3-n3c4ccccc4c4ccccc43)=NC(c3cccc4oc5c(-c6ccccc6)cccc5c34)N2)cc1. The van der Waals surface area contributed by atoms with E-state index in [9.17, 15) is 0 Å². The van der Waals surface area contributed by atoms with Crippen molar-refractivity contribution in [3.63, 3.8) is 0 Å². The van der Waals surface area contributed by atoms with E-state index in [4.69, 9.17) is 14.4 Å². The van der Waals surface area contributed by atoms with Crippen LogP contribution >= 0.6 is 0 Å². The number of furan rings is 1. The molecule has 0 aliphatic carbocycles. The first kappa shape index (κ1) is 28.3. The number of para-hydroxylation sites is 4. The lowest BCUT2D eigenvalue weighted by Crippen LogP contribution is -2.33. The number of hydrogen-bond donors (Lipinski definition) is 1. The van der Waals surface area contributed by atoms with Gasteiger partial charge in [-0.2, -0.15) is 0 Å².